The highest BCUT2D eigenvalue weighted by molar-refractivity contribution is 5.96. The molecule has 0 spiro atoms. The van der Waals surface area contributed by atoms with Crippen molar-refractivity contribution < 1.29 is 9.53 Å². The number of benzene rings is 2. The van der Waals surface area contributed by atoms with E-state index in [1.807, 2.05) is 49.1 Å². The van der Waals surface area contributed by atoms with Crippen molar-refractivity contribution in [1.29, 1.82) is 0 Å². The summed E-state index contributed by atoms with van der Waals surface area (Å²) in [5.41, 5.74) is 1.07. The number of carbonyl (C=O) groups is 1. The molecule has 3 heteroatoms. The first-order valence-corrected chi connectivity index (χ1v) is 7.73. The molecule has 1 saturated heterocycles. The van der Waals surface area contributed by atoms with Crippen molar-refractivity contribution in [1.82, 2.24) is 4.90 Å². The summed E-state index contributed by atoms with van der Waals surface area (Å²) >= 11 is 0. The summed E-state index contributed by atoms with van der Waals surface area (Å²) in [4.78, 5) is 14.2. The maximum Gasteiger partial charge on any atom is 0.246 e. The minimum atomic E-state index is 0.0509. The third-order valence-corrected chi connectivity index (χ3v) is 3.96. The fourth-order valence-electron chi connectivity index (χ4n) is 3.02. The number of hydrogen-bond acceptors (Lipinski definition) is 2. The molecular weight excluding hydrogens is 274 g/mol. The zero-order valence-electron chi connectivity index (χ0n) is 13.0. The number of ether oxygens (including phenoxy) is 1. The number of rotatable bonds is 2. The third kappa shape index (κ3) is 3.20. The number of nitrogens with zero attached hydrogens (tertiary/aromatic N) is 1. The van der Waals surface area contributed by atoms with Crippen molar-refractivity contribution in [2.24, 2.45) is 0 Å². The van der Waals surface area contributed by atoms with Crippen LogP contribution in [0.3, 0.4) is 0 Å². The van der Waals surface area contributed by atoms with Gasteiger partial charge in [0.15, 0.2) is 0 Å². The van der Waals surface area contributed by atoms with E-state index >= 15 is 0 Å². The lowest BCUT2D eigenvalue weighted by Gasteiger charge is -2.34. The molecule has 1 fully saturated rings. The monoisotopic (exact) mass is 295 g/mol. The van der Waals surface area contributed by atoms with Gasteiger partial charge in [-0.05, 0) is 36.3 Å². The molecule has 0 aromatic heterocycles. The van der Waals surface area contributed by atoms with Crippen LogP contribution in [0, 0.1) is 0 Å². The van der Waals surface area contributed by atoms with Gasteiger partial charge in [0, 0.05) is 19.2 Å². The minimum Gasteiger partial charge on any atom is -0.372 e. The highest BCUT2D eigenvalue weighted by Gasteiger charge is 2.24. The van der Waals surface area contributed by atoms with E-state index < -0.39 is 0 Å². The quantitative estimate of drug-likeness (QED) is 0.794. The van der Waals surface area contributed by atoms with Crippen molar-refractivity contribution in [3.8, 4) is 0 Å². The Morgan fingerprint density at radius 3 is 2.55 bits per heavy atom. The Kier molecular flexibility index (Phi) is 4.25. The van der Waals surface area contributed by atoms with Gasteiger partial charge in [-0.25, -0.2) is 0 Å². The smallest absolute Gasteiger partial charge is 0.246 e. The lowest BCUT2D eigenvalue weighted by atomic mass is 10.0. The Labute approximate surface area is 131 Å². The standard InChI is InChI=1S/C19H21NO2/c1-14-12-20(13-15(2)22-14)19(21)11-10-17-8-5-7-16-6-3-4-9-18(16)17/h3-11,14-15H,12-13H2,1-2H3/b11-10+/t14-,15+. The summed E-state index contributed by atoms with van der Waals surface area (Å²) in [6, 6.07) is 14.4. The Morgan fingerprint density at radius 1 is 1.09 bits per heavy atom. The maximum absolute atomic E-state index is 12.4. The van der Waals surface area contributed by atoms with E-state index in [1.165, 1.54) is 5.39 Å². The average molecular weight is 295 g/mol. The van der Waals surface area contributed by atoms with Crippen LogP contribution in [0.15, 0.2) is 48.5 Å². The molecule has 0 aliphatic carbocycles. The average Bonchev–Trinajstić information content (AvgIpc) is 2.51. The van der Waals surface area contributed by atoms with Crippen LogP contribution in [-0.4, -0.2) is 36.1 Å². The molecule has 0 saturated carbocycles. The van der Waals surface area contributed by atoms with Crippen molar-refractivity contribution >= 4 is 22.8 Å². The fourth-order valence-corrected chi connectivity index (χ4v) is 3.02. The zero-order valence-corrected chi connectivity index (χ0v) is 13.0. The van der Waals surface area contributed by atoms with Crippen molar-refractivity contribution in [2.45, 2.75) is 26.1 Å². The predicted octanol–water partition coefficient (Wildman–Crippen LogP) is 3.49. The van der Waals surface area contributed by atoms with Gasteiger partial charge < -0.3 is 9.64 Å². The highest BCUT2D eigenvalue weighted by atomic mass is 16.5. The van der Waals surface area contributed by atoms with E-state index in [0.717, 1.165) is 10.9 Å². The zero-order chi connectivity index (χ0) is 15.5. The molecule has 0 bridgehead atoms. The Morgan fingerprint density at radius 2 is 1.77 bits per heavy atom. The molecule has 1 aliphatic heterocycles. The van der Waals surface area contributed by atoms with Gasteiger partial charge >= 0.3 is 0 Å². The van der Waals surface area contributed by atoms with Gasteiger partial charge in [-0.1, -0.05) is 42.5 Å². The van der Waals surface area contributed by atoms with Crippen LogP contribution in [0.5, 0.6) is 0 Å². The summed E-state index contributed by atoms with van der Waals surface area (Å²) in [5, 5.41) is 2.35. The molecule has 114 valence electrons. The summed E-state index contributed by atoms with van der Waals surface area (Å²) in [6.07, 6.45) is 3.78. The molecular formula is C19H21NO2. The van der Waals surface area contributed by atoms with Crippen LogP contribution in [0.25, 0.3) is 16.8 Å². The normalized spacial score (nSPS) is 22.4. The number of hydrogen-bond donors (Lipinski definition) is 0. The van der Waals surface area contributed by atoms with Crippen molar-refractivity contribution in [2.75, 3.05) is 13.1 Å². The van der Waals surface area contributed by atoms with Gasteiger partial charge in [-0.3, -0.25) is 4.79 Å². The fraction of sp³-hybridized carbons (Fsp3) is 0.316. The molecule has 0 N–H and O–H groups in total. The minimum absolute atomic E-state index is 0.0509. The van der Waals surface area contributed by atoms with E-state index in [1.54, 1.807) is 6.08 Å². The molecule has 22 heavy (non-hydrogen) atoms. The Hall–Kier alpha value is -2.13. The first kappa shape index (κ1) is 14.8. The Bertz CT molecular complexity index is 692. The molecule has 1 heterocycles. The summed E-state index contributed by atoms with van der Waals surface area (Å²) < 4.78 is 5.67. The van der Waals surface area contributed by atoms with Crippen LogP contribution >= 0.6 is 0 Å². The van der Waals surface area contributed by atoms with Gasteiger partial charge in [0.1, 0.15) is 0 Å². The van der Waals surface area contributed by atoms with Gasteiger partial charge in [0.05, 0.1) is 12.2 Å². The predicted molar refractivity (Wildman–Crippen MR) is 89.6 cm³/mol. The van der Waals surface area contributed by atoms with Gasteiger partial charge in [0.2, 0.25) is 5.91 Å². The third-order valence-electron chi connectivity index (χ3n) is 3.96. The number of fused-ring (bicyclic) bond motifs is 1. The van der Waals surface area contributed by atoms with Crippen molar-refractivity contribution in [3.63, 3.8) is 0 Å². The van der Waals surface area contributed by atoms with E-state index in [0.29, 0.717) is 13.1 Å². The van der Waals surface area contributed by atoms with E-state index in [9.17, 15) is 4.79 Å². The molecule has 0 unspecified atom stereocenters. The van der Waals surface area contributed by atoms with Crippen LogP contribution in [0.1, 0.15) is 19.4 Å². The molecule has 3 rings (SSSR count). The molecule has 3 nitrogen and oxygen atoms in total. The van der Waals surface area contributed by atoms with Crippen molar-refractivity contribution in [3.05, 3.63) is 54.1 Å². The Balaban J connectivity index is 1.79. The first-order valence-electron chi connectivity index (χ1n) is 7.73. The molecule has 1 amide bonds. The second kappa shape index (κ2) is 6.32. The number of morpholine rings is 1. The van der Waals surface area contributed by atoms with E-state index in [4.69, 9.17) is 4.74 Å². The first-order chi connectivity index (χ1) is 10.6. The van der Waals surface area contributed by atoms with Gasteiger partial charge in [-0.15, -0.1) is 0 Å². The number of carbonyl (C=O) groups excluding carboxylic acids is 1. The maximum atomic E-state index is 12.4. The summed E-state index contributed by atoms with van der Waals surface area (Å²) in [7, 11) is 0. The lowest BCUT2D eigenvalue weighted by molar-refractivity contribution is -0.137. The largest absolute Gasteiger partial charge is 0.372 e. The topological polar surface area (TPSA) is 29.5 Å². The molecule has 2 aromatic carbocycles. The van der Waals surface area contributed by atoms with E-state index in [2.05, 4.69) is 18.2 Å². The lowest BCUT2D eigenvalue weighted by Crippen LogP contribution is -2.47. The number of amides is 1. The van der Waals surface area contributed by atoms with Crippen LogP contribution in [0.4, 0.5) is 0 Å². The van der Waals surface area contributed by atoms with E-state index in [-0.39, 0.29) is 18.1 Å². The summed E-state index contributed by atoms with van der Waals surface area (Å²) in [5.74, 6) is 0.0509. The molecule has 0 radical (unpaired) electrons. The van der Waals surface area contributed by atoms with Gasteiger partial charge in [-0.2, -0.15) is 0 Å². The highest BCUT2D eigenvalue weighted by Crippen LogP contribution is 2.20. The summed E-state index contributed by atoms with van der Waals surface area (Å²) in [6.45, 7) is 5.32. The second-order valence-corrected chi connectivity index (χ2v) is 5.90. The molecule has 1 aliphatic rings. The van der Waals surface area contributed by atoms with Crippen LogP contribution in [0.2, 0.25) is 0 Å². The SMILES string of the molecule is C[C@@H]1CN(C(=O)/C=C/c2cccc3ccccc23)C[C@H](C)O1. The second-order valence-electron chi connectivity index (χ2n) is 5.90. The van der Waals surface area contributed by atoms with Crippen LogP contribution in [-0.2, 0) is 9.53 Å². The molecule has 2 aromatic rings. The van der Waals surface area contributed by atoms with Gasteiger partial charge in [0.25, 0.3) is 0 Å². The van der Waals surface area contributed by atoms with Crippen LogP contribution < -0.4 is 0 Å². The molecule has 2 atom stereocenters.